The van der Waals surface area contributed by atoms with Crippen LogP contribution < -0.4 is 5.73 Å². The molecule has 1 heterocycles. The van der Waals surface area contributed by atoms with E-state index in [4.69, 9.17) is 10.7 Å². The Bertz CT molecular complexity index is 915. The standard InChI is InChI=1S/C20H20N2OS.C2H6O/c1-12-4-6-15(7-5-12)20-18(11-23)24-19(22-20)10-16-8-14(3)17(21)9-13(16)2;1-3-2/h4-9,11H,10,21H2,1-3H3;1-2H3. The monoisotopic (exact) mass is 382 g/mol. The summed E-state index contributed by atoms with van der Waals surface area (Å²) >= 11 is 1.46. The zero-order valence-corrected chi connectivity index (χ0v) is 17.3. The quantitative estimate of drug-likeness (QED) is 0.510. The van der Waals surface area contributed by atoms with Gasteiger partial charge in [0, 0.05) is 31.9 Å². The van der Waals surface area contributed by atoms with Gasteiger partial charge in [0.25, 0.3) is 0 Å². The Balaban J connectivity index is 0.000000817. The number of thiazole rings is 1. The first kappa shape index (κ1) is 20.8. The fraction of sp³-hybridized carbons (Fsp3) is 0.273. The van der Waals surface area contributed by atoms with Crippen LogP contribution in [0.4, 0.5) is 5.69 Å². The zero-order valence-electron chi connectivity index (χ0n) is 16.5. The Morgan fingerprint density at radius 1 is 1.07 bits per heavy atom. The highest BCUT2D eigenvalue weighted by atomic mass is 32.1. The lowest BCUT2D eigenvalue weighted by Gasteiger charge is -2.08. The summed E-state index contributed by atoms with van der Waals surface area (Å²) in [5.74, 6) is 0. The topological polar surface area (TPSA) is 65.2 Å². The van der Waals surface area contributed by atoms with E-state index in [0.29, 0.717) is 11.3 Å². The molecule has 142 valence electrons. The number of aryl methyl sites for hydroxylation is 3. The van der Waals surface area contributed by atoms with Crippen molar-refractivity contribution >= 4 is 23.3 Å². The van der Waals surface area contributed by atoms with Crippen molar-refractivity contribution in [1.29, 1.82) is 0 Å². The van der Waals surface area contributed by atoms with Crippen molar-refractivity contribution in [2.45, 2.75) is 27.2 Å². The summed E-state index contributed by atoms with van der Waals surface area (Å²) in [4.78, 5) is 16.9. The molecule has 0 saturated carbocycles. The van der Waals surface area contributed by atoms with Gasteiger partial charge < -0.3 is 10.5 Å². The molecule has 3 aromatic rings. The number of nitrogens with zero attached hydrogens (tertiary/aromatic N) is 1. The molecule has 2 N–H and O–H groups in total. The third kappa shape index (κ3) is 5.25. The van der Waals surface area contributed by atoms with Crippen LogP contribution in [0.2, 0.25) is 0 Å². The number of aldehydes is 1. The molecule has 0 unspecified atom stereocenters. The zero-order chi connectivity index (χ0) is 20.0. The van der Waals surface area contributed by atoms with Crippen LogP contribution >= 0.6 is 11.3 Å². The van der Waals surface area contributed by atoms with E-state index in [9.17, 15) is 4.79 Å². The van der Waals surface area contributed by atoms with Gasteiger partial charge in [0.15, 0.2) is 6.29 Å². The van der Waals surface area contributed by atoms with Crippen molar-refractivity contribution < 1.29 is 9.53 Å². The highest BCUT2D eigenvalue weighted by Gasteiger charge is 2.14. The molecule has 0 amide bonds. The van der Waals surface area contributed by atoms with Crippen LogP contribution in [0.5, 0.6) is 0 Å². The first-order valence-corrected chi connectivity index (χ1v) is 9.48. The Labute approximate surface area is 165 Å². The van der Waals surface area contributed by atoms with E-state index >= 15 is 0 Å². The Kier molecular flexibility index (Phi) is 7.28. The molecular weight excluding hydrogens is 356 g/mol. The summed E-state index contributed by atoms with van der Waals surface area (Å²) in [6.07, 6.45) is 1.61. The molecule has 1 aromatic heterocycles. The molecule has 3 rings (SSSR count). The smallest absolute Gasteiger partial charge is 0.162 e. The molecule has 0 atom stereocenters. The van der Waals surface area contributed by atoms with Crippen LogP contribution in [-0.2, 0) is 11.2 Å². The SMILES string of the molecule is COC.Cc1ccc(-c2nc(Cc3cc(C)c(N)cc3C)sc2C=O)cc1. The normalized spacial score (nSPS) is 10.3. The van der Waals surface area contributed by atoms with E-state index in [-0.39, 0.29) is 0 Å². The van der Waals surface area contributed by atoms with Crippen LogP contribution in [0.1, 0.15) is 36.9 Å². The molecule has 0 saturated heterocycles. The van der Waals surface area contributed by atoms with Crippen molar-refractivity contribution in [2.24, 2.45) is 0 Å². The van der Waals surface area contributed by atoms with Gasteiger partial charge in [-0.3, -0.25) is 4.79 Å². The molecule has 2 aromatic carbocycles. The molecular formula is C22H26N2O2S. The van der Waals surface area contributed by atoms with Gasteiger partial charge in [-0.1, -0.05) is 35.9 Å². The average molecular weight is 383 g/mol. The second kappa shape index (κ2) is 9.44. The lowest BCUT2D eigenvalue weighted by Crippen LogP contribution is -1.97. The van der Waals surface area contributed by atoms with E-state index in [1.54, 1.807) is 14.2 Å². The van der Waals surface area contributed by atoms with Gasteiger partial charge in [0.05, 0.1) is 15.6 Å². The van der Waals surface area contributed by atoms with E-state index in [0.717, 1.165) is 39.4 Å². The highest BCUT2D eigenvalue weighted by molar-refractivity contribution is 7.13. The van der Waals surface area contributed by atoms with E-state index < -0.39 is 0 Å². The largest absolute Gasteiger partial charge is 0.399 e. The van der Waals surface area contributed by atoms with E-state index in [1.165, 1.54) is 22.5 Å². The summed E-state index contributed by atoms with van der Waals surface area (Å²) in [7, 11) is 3.25. The molecule has 0 radical (unpaired) electrons. The minimum Gasteiger partial charge on any atom is -0.399 e. The number of hydrogen-bond donors (Lipinski definition) is 1. The minimum atomic E-state index is 0.679. The minimum absolute atomic E-state index is 0.679. The van der Waals surface area contributed by atoms with Crippen molar-refractivity contribution in [1.82, 2.24) is 4.98 Å². The van der Waals surface area contributed by atoms with Crippen LogP contribution in [-0.4, -0.2) is 25.5 Å². The lowest BCUT2D eigenvalue weighted by atomic mass is 10.0. The van der Waals surface area contributed by atoms with Crippen LogP contribution in [0, 0.1) is 20.8 Å². The van der Waals surface area contributed by atoms with E-state index in [2.05, 4.69) is 17.7 Å². The van der Waals surface area contributed by atoms with Crippen LogP contribution in [0.25, 0.3) is 11.3 Å². The number of rotatable bonds is 4. The maximum absolute atomic E-state index is 11.5. The number of benzene rings is 2. The summed E-state index contributed by atoms with van der Waals surface area (Å²) in [6, 6.07) is 12.2. The summed E-state index contributed by atoms with van der Waals surface area (Å²) in [5, 5.41) is 0.944. The van der Waals surface area contributed by atoms with Gasteiger partial charge in [-0.15, -0.1) is 11.3 Å². The predicted octanol–water partition coefficient (Wildman–Crippen LogP) is 4.98. The summed E-state index contributed by atoms with van der Waals surface area (Å²) in [6.45, 7) is 6.11. The number of carbonyl (C=O) groups is 1. The number of nitrogens with two attached hydrogens (primary N) is 1. The molecule has 27 heavy (non-hydrogen) atoms. The van der Waals surface area contributed by atoms with Gasteiger partial charge in [0.1, 0.15) is 0 Å². The van der Waals surface area contributed by atoms with Gasteiger partial charge in [-0.25, -0.2) is 4.98 Å². The van der Waals surface area contributed by atoms with Crippen molar-refractivity contribution in [3.63, 3.8) is 0 Å². The fourth-order valence-corrected chi connectivity index (χ4v) is 3.63. The van der Waals surface area contributed by atoms with Crippen LogP contribution in [0.15, 0.2) is 36.4 Å². The number of ether oxygens (including phenoxy) is 1. The summed E-state index contributed by atoms with van der Waals surface area (Å²) in [5.41, 5.74) is 13.1. The maximum Gasteiger partial charge on any atom is 0.162 e. The van der Waals surface area contributed by atoms with Crippen LogP contribution in [0.3, 0.4) is 0 Å². The molecule has 0 bridgehead atoms. The van der Waals surface area contributed by atoms with Gasteiger partial charge in [-0.2, -0.15) is 0 Å². The molecule has 0 fully saturated rings. The molecule has 5 heteroatoms. The molecule has 0 aliphatic heterocycles. The molecule has 0 aliphatic rings. The van der Waals surface area contributed by atoms with Crippen molar-refractivity contribution in [3.8, 4) is 11.3 Å². The highest BCUT2D eigenvalue weighted by Crippen LogP contribution is 2.29. The van der Waals surface area contributed by atoms with Gasteiger partial charge in [-0.05, 0) is 43.5 Å². The number of hydrogen-bond acceptors (Lipinski definition) is 5. The van der Waals surface area contributed by atoms with Crippen molar-refractivity contribution in [3.05, 3.63) is 68.5 Å². The maximum atomic E-state index is 11.5. The predicted molar refractivity (Wildman–Crippen MR) is 114 cm³/mol. The third-order valence-electron chi connectivity index (χ3n) is 4.20. The Morgan fingerprint density at radius 2 is 1.70 bits per heavy atom. The number of nitrogen functional groups attached to an aromatic ring is 1. The Hall–Kier alpha value is -2.50. The Morgan fingerprint density at radius 3 is 2.30 bits per heavy atom. The molecule has 0 aliphatic carbocycles. The number of anilines is 1. The molecule has 4 nitrogen and oxygen atoms in total. The molecule has 0 spiro atoms. The number of carbonyl (C=O) groups excluding carboxylic acids is 1. The van der Waals surface area contributed by atoms with E-state index in [1.807, 2.05) is 44.2 Å². The second-order valence-corrected chi connectivity index (χ2v) is 7.64. The van der Waals surface area contributed by atoms with Crippen molar-refractivity contribution in [2.75, 3.05) is 20.0 Å². The first-order valence-electron chi connectivity index (χ1n) is 8.67. The first-order chi connectivity index (χ1) is 12.9. The van der Waals surface area contributed by atoms with Gasteiger partial charge in [0.2, 0.25) is 0 Å². The number of aromatic nitrogens is 1. The third-order valence-corrected chi connectivity index (χ3v) is 5.18. The van der Waals surface area contributed by atoms with Gasteiger partial charge >= 0.3 is 0 Å². The second-order valence-electron chi connectivity index (χ2n) is 6.52. The summed E-state index contributed by atoms with van der Waals surface area (Å²) < 4.78 is 4.25. The number of methoxy groups -OCH3 is 1. The lowest BCUT2D eigenvalue weighted by molar-refractivity contribution is 0.112. The average Bonchev–Trinajstić information content (AvgIpc) is 3.04. The fourth-order valence-electron chi connectivity index (χ4n) is 2.70.